The molecule has 1 aromatic heterocycles. The Hall–Kier alpha value is -1.03. The molecule has 0 bridgehead atoms. The highest BCUT2D eigenvalue weighted by atomic mass is 16.5. The first-order chi connectivity index (χ1) is 6.93. The number of nitrogens with zero attached hydrogens (tertiary/aromatic N) is 2. The molecule has 0 saturated carbocycles. The summed E-state index contributed by atoms with van der Waals surface area (Å²) in [5.41, 5.74) is 1.20. The molecule has 1 saturated heterocycles. The van der Waals surface area contributed by atoms with Crippen molar-refractivity contribution >= 4 is 0 Å². The van der Waals surface area contributed by atoms with Crippen LogP contribution in [-0.2, 0) is 6.54 Å². The molecule has 0 amide bonds. The van der Waals surface area contributed by atoms with Crippen molar-refractivity contribution in [1.82, 2.24) is 14.9 Å². The highest BCUT2D eigenvalue weighted by molar-refractivity contribution is 5.15. The van der Waals surface area contributed by atoms with Crippen molar-refractivity contribution in [3.05, 3.63) is 11.9 Å². The largest absolute Gasteiger partial charge is 0.463 e. The van der Waals surface area contributed by atoms with E-state index in [2.05, 4.69) is 21.1 Å². The lowest BCUT2D eigenvalue weighted by Gasteiger charge is -2.20. The lowest BCUT2D eigenvalue weighted by molar-refractivity contribution is 0.342. The molecule has 1 aromatic rings. The first-order valence-corrected chi connectivity index (χ1v) is 5.34. The number of fused-ring (bicyclic) bond motifs is 1. The Morgan fingerprint density at radius 3 is 3.36 bits per heavy atom. The monoisotopic (exact) mass is 193 g/mol. The van der Waals surface area contributed by atoms with Crippen molar-refractivity contribution in [2.45, 2.75) is 25.3 Å². The van der Waals surface area contributed by atoms with Gasteiger partial charge in [0.2, 0.25) is 0 Å². The molecule has 1 atom stereocenters. The number of hydrogen-bond donors (Lipinski definition) is 1. The van der Waals surface area contributed by atoms with E-state index in [9.17, 15) is 0 Å². The molecule has 0 aliphatic carbocycles. The van der Waals surface area contributed by atoms with Crippen molar-refractivity contribution < 1.29 is 4.74 Å². The van der Waals surface area contributed by atoms with Gasteiger partial charge in [-0.1, -0.05) is 0 Å². The van der Waals surface area contributed by atoms with Crippen LogP contribution in [0.25, 0.3) is 0 Å². The SMILES string of the molecule is c1c(C2CCCNC2)nc2n1CCO2. The number of nitrogens with one attached hydrogen (secondary N) is 1. The molecule has 3 heterocycles. The maximum Gasteiger partial charge on any atom is 0.296 e. The second-order valence-electron chi connectivity index (χ2n) is 4.03. The van der Waals surface area contributed by atoms with E-state index in [1.165, 1.54) is 18.5 Å². The van der Waals surface area contributed by atoms with Crippen LogP contribution >= 0.6 is 0 Å². The average Bonchev–Trinajstić information content (AvgIpc) is 2.78. The third-order valence-electron chi connectivity index (χ3n) is 3.04. The van der Waals surface area contributed by atoms with Gasteiger partial charge in [0.15, 0.2) is 0 Å². The van der Waals surface area contributed by atoms with Crippen molar-refractivity contribution in [2.75, 3.05) is 19.7 Å². The molecule has 14 heavy (non-hydrogen) atoms. The molecule has 2 aliphatic heterocycles. The van der Waals surface area contributed by atoms with Crippen LogP contribution in [0.5, 0.6) is 6.01 Å². The minimum absolute atomic E-state index is 0.588. The Morgan fingerprint density at radius 2 is 2.57 bits per heavy atom. The summed E-state index contributed by atoms with van der Waals surface area (Å²) >= 11 is 0. The van der Waals surface area contributed by atoms with Gasteiger partial charge < -0.3 is 10.1 Å². The number of rotatable bonds is 1. The first kappa shape index (κ1) is 8.29. The van der Waals surface area contributed by atoms with E-state index >= 15 is 0 Å². The zero-order valence-electron chi connectivity index (χ0n) is 8.20. The summed E-state index contributed by atoms with van der Waals surface area (Å²) in [7, 11) is 0. The standard InChI is InChI=1S/C10H15N3O/c1-2-8(6-11-3-1)9-7-13-4-5-14-10(13)12-9/h7-8,11H,1-6H2. The molecule has 4 heteroatoms. The van der Waals surface area contributed by atoms with Gasteiger partial charge in [-0.15, -0.1) is 0 Å². The molecular formula is C10H15N3O. The van der Waals surface area contributed by atoms with E-state index in [1.807, 2.05) is 0 Å². The molecule has 4 nitrogen and oxygen atoms in total. The third-order valence-corrected chi connectivity index (χ3v) is 3.04. The molecule has 1 fully saturated rings. The van der Waals surface area contributed by atoms with E-state index < -0.39 is 0 Å². The zero-order chi connectivity index (χ0) is 9.38. The topological polar surface area (TPSA) is 39.1 Å². The zero-order valence-corrected chi connectivity index (χ0v) is 8.20. The van der Waals surface area contributed by atoms with Crippen LogP contribution in [0.1, 0.15) is 24.5 Å². The van der Waals surface area contributed by atoms with E-state index in [0.29, 0.717) is 5.92 Å². The summed E-state index contributed by atoms with van der Waals surface area (Å²) in [5, 5.41) is 3.41. The minimum atomic E-state index is 0.588. The van der Waals surface area contributed by atoms with Crippen LogP contribution in [0.15, 0.2) is 6.20 Å². The minimum Gasteiger partial charge on any atom is -0.463 e. The molecule has 2 aliphatic rings. The van der Waals surface area contributed by atoms with E-state index in [4.69, 9.17) is 4.74 Å². The Morgan fingerprint density at radius 1 is 1.57 bits per heavy atom. The summed E-state index contributed by atoms with van der Waals surface area (Å²) in [5.74, 6) is 0.588. The molecule has 3 rings (SSSR count). The quantitative estimate of drug-likeness (QED) is 0.715. The fraction of sp³-hybridized carbons (Fsp3) is 0.700. The van der Waals surface area contributed by atoms with Gasteiger partial charge in [-0.25, -0.2) is 0 Å². The smallest absolute Gasteiger partial charge is 0.296 e. The molecule has 1 unspecified atom stereocenters. The lowest BCUT2D eigenvalue weighted by Crippen LogP contribution is -2.28. The number of aromatic nitrogens is 2. The molecule has 0 spiro atoms. The van der Waals surface area contributed by atoms with Crippen LogP contribution in [0.2, 0.25) is 0 Å². The second kappa shape index (κ2) is 3.28. The predicted molar refractivity (Wildman–Crippen MR) is 52.6 cm³/mol. The normalized spacial score (nSPS) is 25.9. The number of ether oxygens (including phenoxy) is 1. The fourth-order valence-electron chi connectivity index (χ4n) is 2.23. The predicted octanol–water partition coefficient (Wildman–Crippen LogP) is 0.743. The molecule has 0 aromatic carbocycles. The van der Waals surface area contributed by atoms with Crippen LogP contribution in [0.4, 0.5) is 0 Å². The Balaban J connectivity index is 1.82. The summed E-state index contributed by atoms with van der Waals surface area (Å²) in [4.78, 5) is 4.52. The second-order valence-corrected chi connectivity index (χ2v) is 4.03. The van der Waals surface area contributed by atoms with Crippen molar-refractivity contribution in [1.29, 1.82) is 0 Å². The van der Waals surface area contributed by atoms with E-state index in [-0.39, 0.29) is 0 Å². The maximum absolute atomic E-state index is 5.40. The van der Waals surface area contributed by atoms with Crippen LogP contribution < -0.4 is 10.1 Å². The highest BCUT2D eigenvalue weighted by Gasteiger charge is 2.22. The van der Waals surface area contributed by atoms with Gasteiger partial charge in [-0.3, -0.25) is 4.57 Å². The van der Waals surface area contributed by atoms with Crippen molar-refractivity contribution in [2.24, 2.45) is 0 Å². The number of piperidine rings is 1. The number of hydrogen-bond acceptors (Lipinski definition) is 3. The van der Waals surface area contributed by atoms with E-state index in [0.717, 1.165) is 32.3 Å². The van der Waals surface area contributed by atoms with Gasteiger partial charge in [-0.2, -0.15) is 4.98 Å². The summed E-state index contributed by atoms with van der Waals surface area (Å²) in [6.45, 7) is 3.96. The Kier molecular flexibility index (Phi) is 1.94. The van der Waals surface area contributed by atoms with Crippen molar-refractivity contribution in [3.63, 3.8) is 0 Å². The van der Waals surface area contributed by atoms with E-state index in [1.54, 1.807) is 0 Å². The van der Waals surface area contributed by atoms with Crippen LogP contribution in [0, 0.1) is 0 Å². The average molecular weight is 193 g/mol. The third kappa shape index (κ3) is 1.30. The van der Waals surface area contributed by atoms with Gasteiger partial charge >= 0.3 is 0 Å². The van der Waals surface area contributed by atoms with Gasteiger partial charge in [0.25, 0.3) is 6.01 Å². The highest BCUT2D eigenvalue weighted by Crippen LogP contribution is 2.26. The lowest BCUT2D eigenvalue weighted by atomic mass is 9.97. The molecule has 0 radical (unpaired) electrons. The molecule has 76 valence electrons. The van der Waals surface area contributed by atoms with Gasteiger partial charge in [-0.05, 0) is 19.4 Å². The van der Waals surface area contributed by atoms with Gasteiger partial charge in [0.1, 0.15) is 6.61 Å². The Bertz CT molecular complexity index is 307. The number of imidazole rings is 1. The molecular weight excluding hydrogens is 178 g/mol. The van der Waals surface area contributed by atoms with Gasteiger partial charge in [0.05, 0.1) is 12.2 Å². The summed E-state index contributed by atoms with van der Waals surface area (Å²) in [6.07, 6.45) is 4.66. The maximum atomic E-state index is 5.40. The van der Waals surface area contributed by atoms with Crippen LogP contribution in [-0.4, -0.2) is 29.2 Å². The summed E-state index contributed by atoms with van der Waals surface area (Å²) < 4.78 is 7.52. The Labute approximate surface area is 83.3 Å². The summed E-state index contributed by atoms with van der Waals surface area (Å²) in [6, 6.07) is 0.811. The van der Waals surface area contributed by atoms with Crippen LogP contribution in [0.3, 0.4) is 0 Å². The van der Waals surface area contributed by atoms with Crippen molar-refractivity contribution in [3.8, 4) is 6.01 Å². The fourth-order valence-corrected chi connectivity index (χ4v) is 2.23. The molecule has 1 N–H and O–H groups in total. The first-order valence-electron chi connectivity index (χ1n) is 5.34. The van der Waals surface area contributed by atoms with Gasteiger partial charge in [0, 0.05) is 18.7 Å².